The van der Waals surface area contributed by atoms with Crippen LogP contribution in [0.5, 0.6) is 0 Å². The number of fused-ring (bicyclic) bond motifs is 3. The third kappa shape index (κ3) is 12.3. The van der Waals surface area contributed by atoms with Gasteiger partial charge in [-0.25, -0.2) is 0 Å². The van der Waals surface area contributed by atoms with Gasteiger partial charge in [-0.3, -0.25) is 0 Å². The normalized spacial score (nSPS) is 13.0. The van der Waals surface area contributed by atoms with E-state index in [-0.39, 0.29) is 0 Å². The molecule has 2 aliphatic carbocycles. The molecule has 333 valence electrons. The van der Waals surface area contributed by atoms with E-state index in [0.29, 0.717) is 5.92 Å². The lowest BCUT2D eigenvalue weighted by Crippen LogP contribution is -2.13. The summed E-state index contributed by atoms with van der Waals surface area (Å²) < 4.78 is 0. The zero-order valence-electron chi connectivity index (χ0n) is 39.6. The topological polar surface area (TPSA) is 0 Å². The fraction of sp³-hybridized carbons (Fsp3) is 0.132. The standard InChI is InChI=1S/C43H38.C13H12.C12H11/c1-31-14-20-35(21-15-31)36-22-16-32(17-23-36)10-7-11-33-18-24-37(25-19-33)38-26-27-42-40(28-34-8-3-2-4-9-34)29-39-12-5-6-13-41(39)43(42)30-38;1-11-7-9-13(10-8-11)12-5-3-2-4-6-12;1-2-10-3-5-11(6-4-10)9-12-7-8-12/h2-6,8-9,12-27,30,40H,7,10-11,28-29H2,1H3;2-10H,1H3;2-8H,1,9H2. The number of aryl methyl sites for hydroxylation is 4. The zero-order valence-corrected chi connectivity index (χ0v) is 39.6. The molecular formula is C68H61. The van der Waals surface area contributed by atoms with E-state index in [0.717, 1.165) is 38.5 Å². The number of allylic oxidation sites excluding steroid dienone is 2. The maximum absolute atomic E-state index is 3.72. The molecule has 0 N–H and O–H groups in total. The second-order valence-electron chi connectivity index (χ2n) is 18.4. The first-order valence-electron chi connectivity index (χ1n) is 24.3. The van der Waals surface area contributed by atoms with Crippen LogP contribution in [0, 0.1) is 20.3 Å². The summed E-state index contributed by atoms with van der Waals surface area (Å²) in [7, 11) is 0. The summed E-state index contributed by atoms with van der Waals surface area (Å²) in [6, 6.07) is 81.8. The van der Waals surface area contributed by atoms with Gasteiger partial charge in [-0.05, 0) is 148 Å². The van der Waals surface area contributed by atoms with Gasteiger partial charge in [-0.15, -0.1) is 0 Å². The van der Waals surface area contributed by atoms with E-state index < -0.39 is 0 Å². The number of rotatable bonds is 12. The minimum atomic E-state index is 0.502. The Bertz CT molecular complexity index is 3040. The second-order valence-corrected chi connectivity index (χ2v) is 18.4. The predicted octanol–water partition coefficient (Wildman–Crippen LogP) is 17.7. The van der Waals surface area contributed by atoms with Gasteiger partial charge in [0.15, 0.2) is 0 Å². The van der Waals surface area contributed by atoms with Gasteiger partial charge in [0.05, 0.1) is 0 Å². The molecule has 0 fully saturated rings. The Balaban J connectivity index is 0.000000186. The van der Waals surface area contributed by atoms with Crippen LogP contribution in [0.15, 0.2) is 243 Å². The number of hydrogen-bond acceptors (Lipinski definition) is 0. The SMILES string of the molecule is C=Cc1ccc(CC2=C[CH]2)cc1.Cc1ccc(-c2ccc(CCCc3ccc(-c4ccc5c(c4)-c4ccccc4CC5Cc4ccccc4)cc3)cc2)cc1.Cc1ccc(-c2ccccc2)cc1. The fourth-order valence-corrected chi connectivity index (χ4v) is 9.27. The third-order valence-corrected chi connectivity index (χ3v) is 13.3. The number of benzene rings is 9. The van der Waals surface area contributed by atoms with Gasteiger partial charge in [0.25, 0.3) is 0 Å². The molecule has 9 aromatic rings. The van der Waals surface area contributed by atoms with Crippen LogP contribution in [-0.2, 0) is 32.1 Å². The average Bonchev–Trinajstić information content (AvgIpc) is 4.22. The van der Waals surface area contributed by atoms with Crippen molar-refractivity contribution in [1.29, 1.82) is 0 Å². The fourth-order valence-electron chi connectivity index (χ4n) is 9.27. The van der Waals surface area contributed by atoms with Gasteiger partial charge in [-0.2, -0.15) is 0 Å². The van der Waals surface area contributed by atoms with Crippen LogP contribution in [0.1, 0.15) is 62.4 Å². The molecule has 0 heterocycles. The van der Waals surface area contributed by atoms with Gasteiger partial charge in [-0.1, -0.05) is 254 Å². The monoisotopic (exact) mass is 877 g/mol. The summed E-state index contributed by atoms with van der Waals surface area (Å²) in [4.78, 5) is 0. The van der Waals surface area contributed by atoms with E-state index in [1.807, 2.05) is 12.1 Å². The molecule has 0 spiro atoms. The van der Waals surface area contributed by atoms with Gasteiger partial charge in [0, 0.05) is 6.42 Å². The Morgan fingerprint density at radius 1 is 0.441 bits per heavy atom. The molecule has 2 aliphatic rings. The third-order valence-electron chi connectivity index (χ3n) is 13.3. The van der Waals surface area contributed by atoms with E-state index in [4.69, 9.17) is 0 Å². The van der Waals surface area contributed by atoms with Gasteiger partial charge in [0.2, 0.25) is 0 Å². The molecule has 0 saturated heterocycles. The summed E-state index contributed by atoms with van der Waals surface area (Å²) in [5.74, 6) is 0.502. The molecule has 0 amide bonds. The highest BCUT2D eigenvalue weighted by Crippen LogP contribution is 2.43. The molecule has 0 nitrogen and oxygen atoms in total. The molecule has 9 aromatic carbocycles. The largest absolute Gasteiger partial charge is 0.0985 e. The van der Waals surface area contributed by atoms with E-state index >= 15 is 0 Å². The van der Waals surface area contributed by atoms with Crippen molar-refractivity contribution in [3.05, 3.63) is 299 Å². The van der Waals surface area contributed by atoms with Crippen LogP contribution in [0.4, 0.5) is 0 Å². The maximum Gasteiger partial charge on any atom is 0.00838 e. The average molecular weight is 878 g/mol. The van der Waals surface area contributed by atoms with Crippen LogP contribution in [-0.4, -0.2) is 0 Å². The van der Waals surface area contributed by atoms with Crippen LogP contribution < -0.4 is 0 Å². The minimum absolute atomic E-state index is 0.502. The molecule has 68 heavy (non-hydrogen) atoms. The van der Waals surface area contributed by atoms with E-state index in [9.17, 15) is 0 Å². The van der Waals surface area contributed by atoms with Crippen molar-refractivity contribution in [3.63, 3.8) is 0 Å². The highest BCUT2D eigenvalue weighted by molar-refractivity contribution is 5.80. The summed E-state index contributed by atoms with van der Waals surface area (Å²) >= 11 is 0. The van der Waals surface area contributed by atoms with Crippen LogP contribution in [0.2, 0.25) is 0 Å². The van der Waals surface area contributed by atoms with E-state index in [1.165, 1.54) is 100 Å². The van der Waals surface area contributed by atoms with Crippen LogP contribution in [0.25, 0.3) is 50.6 Å². The van der Waals surface area contributed by atoms with Crippen molar-refractivity contribution >= 4 is 6.08 Å². The minimum Gasteiger partial charge on any atom is -0.0985 e. The number of hydrogen-bond donors (Lipinski definition) is 0. The molecule has 0 bridgehead atoms. The molecule has 0 aliphatic heterocycles. The van der Waals surface area contributed by atoms with Gasteiger partial charge < -0.3 is 0 Å². The predicted molar refractivity (Wildman–Crippen MR) is 292 cm³/mol. The Labute approximate surface area is 406 Å². The van der Waals surface area contributed by atoms with Gasteiger partial charge >= 0.3 is 0 Å². The summed E-state index contributed by atoms with van der Waals surface area (Å²) in [6.45, 7) is 7.96. The van der Waals surface area contributed by atoms with Crippen molar-refractivity contribution in [3.8, 4) is 44.5 Å². The lowest BCUT2D eigenvalue weighted by atomic mass is 9.75. The molecule has 0 aromatic heterocycles. The molecule has 1 radical (unpaired) electrons. The Kier molecular flexibility index (Phi) is 15.0. The van der Waals surface area contributed by atoms with E-state index in [1.54, 1.807) is 0 Å². The first-order valence-corrected chi connectivity index (χ1v) is 24.3. The maximum atomic E-state index is 3.72. The first kappa shape index (κ1) is 45.6. The molecule has 0 saturated carbocycles. The first-order chi connectivity index (χ1) is 33.4. The summed E-state index contributed by atoms with van der Waals surface area (Å²) in [6.07, 6.45) is 12.8. The highest BCUT2D eigenvalue weighted by Gasteiger charge is 2.25. The molecule has 11 rings (SSSR count). The van der Waals surface area contributed by atoms with Crippen molar-refractivity contribution in [2.24, 2.45) is 0 Å². The van der Waals surface area contributed by atoms with Crippen LogP contribution in [0.3, 0.4) is 0 Å². The Morgan fingerprint density at radius 2 is 0.912 bits per heavy atom. The van der Waals surface area contributed by atoms with Gasteiger partial charge in [0.1, 0.15) is 0 Å². The van der Waals surface area contributed by atoms with Crippen molar-refractivity contribution < 1.29 is 0 Å². The Morgan fingerprint density at radius 3 is 1.47 bits per heavy atom. The molecule has 0 heteroatoms. The lowest BCUT2D eigenvalue weighted by molar-refractivity contribution is 0.673. The molecule has 1 unspecified atom stereocenters. The zero-order chi connectivity index (χ0) is 46.5. The van der Waals surface area contributed by atoms with Crippen molar-refractivity contribution in [1.82, 2.24) is 0 Å². The summed E-state index contributed by atoms with van der Waals surface area (Å²) in [5.41, 5.74) is 24.3. The van der Waals surface area contributed by atoms with Crippen LogP contribution >= 0.6 is 0 Å². The van der Waals surface area contributed by atoms with Crippen molar-refractivity contribution in [2.45, 2.75) is 58.3 Å². The van der Waals surface area contributed by atoms with E-state index in [2.05, 4.69) is 251 Å². The van der Waals surface area contributed by atoms with Crippen molar-refractivity contribution in [2.75, 3.05) is 0 Å². The second kappa shape index (κ2) is 22.3. The lowest BCUT2D eigenvalue weighted by Gasteiger charge is -2.28. The quantitative estimate of drug-likeness (QED) is 0.115. The smallest absolute Gasteiger partial charge is 0.00838 e. The summed E-state index contributed by atoms with van der Waals surface area (Å²) in [5, 5.41) is 0. The molecular weight excluding hydrogens is 817 g/mol. The highest BCUT2D eigenvalue weighted by atomic mass is 14.3. The Hall–Kier alpha value is -7.54. The molecule has 1 atom stereocenters.